The molecule has 0 amide bonds. The van der Waals surface area contributed by atoms with E-state index in [9.17, 15) is 13.2 Å². The number of nitrogens with two attached hydrogens (primary N) is 1. The van der Waals surface area contributed by atoms with Crippen molar-refractivity contribution in [2.45, 2.75) is 42.5 Å². The van der Waals surface area contributed by atoms with Crippen molar-refractivity contribution in [1.82, 2.24) is 0 Å². The molecule has 0 atom stereocenters. The van der Waals surface area contributed by atoms with Gasteiger partial charge in [0.25, 0.3) is 0 Å². The van der Waals surface area contributed by atoms with Gasteiger partial charge in [0.1, 0.15) is 5.75 Å². The number of rotatable bonds is 8. The molecule has 6 nitrogen and oxygen atoms in total. The van der Waals surface area contributed by atoms with Crippen LogP contribution in [0.2, 0.25) is 0 Å². The van der Waals surface area contributed by atoms with Crippen LogP contribution in [-0.2, 0) is 25.8 Å². The predicted molar refractivity (Wildman–Crippen MR) is 102 cm³/mol. The lowest BCUT2D eigenvalue weighted by atomic mass is 9.96. The van der Waals surface area contributed by atoms with Gasteiger partial charge in [-0.1, -0.05) is 12.1 Å². The zero-order valence-corrected chi connectivity index (χ0v) is 16.6. The third-order valence-electron chi connectivity index (χ3n) is 3.69. The summed E-state index contributed by atoms with van der Waals surface area (Å²) in [5, 5.41) is 0. The van der Waals surface area contributed by atoms with Crippen molar-refractivity contribution in [3.05, 3.63) is 54.1 Å². The zero-order valence-electron chi connectivity index (χ0n) is 15.8. The van der Waals surface area contributed by atoms with Crippen LogP contribution in [0.5, 0.6) is 5.75 Å². The van der Waals surface area contributed by atoms with Crippen LogP contribution in [-0.4, -0.2) is 33.1 Å². The van der Waals surface area contributed by atoms with Crippen LogP contribution in [0.1, 0.15) is 26.3 Å². The van der Waals surface area contributed by atoms with Crippen LogP contribution in [0.3, 0.4) is 0 Å². The van der Waals surface area contributed by atoms with E-state index in [0.717, 1.165) is 5.56 Å². The molecule has 146 valence electrons. The van der Waals surface area contributed by atoms with Gasteiger partial charge in [0.2, 0.25) is 9.84 Å². The highest BCUT2D eigenvalue weighted by Gasteiger charge is 2.18. The van der Waals surface area contributed by atoms with E-state index in [4.69, 9.17) is 15.2 Å². The molecule has 0 fully saturated rings. The highest BCUT2D eigenvalue weighted by Crippen LogP contribution is 2.24. The highest BCUT2D eigenvalue weighted by atomic mass is 32.2. The summed E-state index contributed by atoms with van der Waals surface area (Å²) in [6.45, 7) is 5.60. The fourth-order valence-corrected chi connectivity index (χ4v) is 3.77. The summed E-state index contributed by atoms with van der Waals surface area (Å²) >= 11 is 0. The van der Waals surface area contributed by atoms with Crippen molar-refractivity contribution < 1.29 is 22.7 Å². The molecule has 0 saturated carbocycles. The second-order valence-electron chi connectivity index (χ2n) is 6.88. The van der Waals surface area contributed by atoms with Crippen molar-refractivity contribution in [2.24, 2.45) is 5.73 Å². The molecule has 0 spiro atoms. The summed E-state index contributed by atoms with van der Waals surface area (Å²) in [5.74, 6) is -0.0857. The normalized spacial score (nSPS) is 11.9. The average molecular weight is 391 g/mol. The number of sulfone groups is 1. The first-order valence-electron chi connectivity index (χ1n) is 8.63. The average Bonchev–Trinajstić information content (AvgIpc) is 2.60. The summed E-state index contributed by atoms with van der Waals surface area (Å²) in [6, 6.07) is 12.6. The molecule has 27 heavy (non-hydrogen) atoms. The van der Waals surface area contributed by atoms with E-state index < -0.39 is 15.8 Å². The topological polar surface area (TPSA) is 95.7 Å². The van der Waals surface area contributed by atoms with Gasteiger partial charge >= 0.3 is 5.97 Å². The van der Waals surface area contributed by atoms with Gasteiger partial charge in [-0.05, 0) is 69.2 Å². The lowest BCUT2D eigenvalue weighted by molar-refractivity contribution is -0.145. The number of hydrogen-bond acceptors (Lipinski definition) is 6. The third-order valence-corrected chi connectivity index (χ3v) is 5.47. The number of carbonyl (C=O) groups is 1. The maximum atomic E-state index is 12.8. The standard InChI is InChI=1S/C20H25NO5S/c1-4-25-19(22)14-26-16-7-11-18(12-8-16)27(23,24)17-9-5-15(6-10-17)13-20(2,3)21/h5-12H,4,13-14,21H2,1-3H3. The van der Waals surface area contributed by atoms with Crippen LogP contribution in [0.4, 0.5) is 0 Å². The van der Waals surface area contributed by atoms with Crippen LogP contribution in [0.25, 0.3) is 0 Å². The Morgan fingerprint density at radius 1 is 1.00 bits per heavy atom. The van der Waals surface area contributed by atoms with Gasteiger partial charge in [0.05, 0.1) is 16.4 Å². The first-order valence-corrected chi connectivity index (χ1v) is 10.1. The molecule has 0 aliphatic rings. The molecule has 2 aromatic rings. The van der Waals surface area contributed by atoms with E-state index in [1.54, 1.807) is 31.2 Å². The molecule has 0 radical (unpaired) electrons. The van der Waals surface area contributed by atoms with E-state index in [-0.39, 0.29) is 28.5 Å². The predicted octanol–water partition coefficient (Wildman–Crippen LogP) is 2.74. The van der Waals surface area contributed by atoms with E-state index >= 15 is 0 Å². The Morgan fingerprint density at radius 2 is 1.52 bits per heavy atom. The van der Waals surface area contributed by atoms with Crippen LogP contribution < -0.4 is 10.5 Å². The largest absolute Gasteiger partial charge is 0.482 e. The van der Waals surface area contributed by atoms with Crippen molar-refractivity contribution in [3.63, 3.8) is 0 Å². The van der Waals surface area contributed by atoms with Crippen molar-refractivity contribution in [3.8, 4) is 5.75 Å². The lowest BCUT2D eigenvalue weighted by Crippen LogP contribution is -2.34. The van der Waals surface area contributed by atoms with Crippen LogP contribution in [0.15, 0.2) is 58.3 Å². The second-order valence-corrected chi connectivity index (χ2v) is 8.83. The van der Waals surface area contributed by atoms with Crippen LogP contribution >= 0.6 is 0 Å². The number of benzene rings is 2. The number of ether oxygens (including phenoxy) is 2. The maximum absolute atomic E-state index is 12.8. The Kier molecular flexibility index (Phi) is 6.62. The van der Waals surface area contributed by atoms with Crippen molar-refractivity contribution >= 4 is 15.8 Å². The summed E-state index contributed by atoms with van der Waals surface area (Å²) in [6.07, 6.45) is 0.653. The summed E-state index contributed by atoms with van der Waals surface area (Å²) in [4.78, 5) is 11.7. The minimum atomic E-state index is -3.63. The van der Waals surface area contributed by atoms with Gasteiger partial charge in [0.15, 0.2) is 6.61 Å². The second kappa shape index (κ2) is 8.54. The SMILES string of the molecule is CCOC(=O)COc1ccc(S(=O)(=O)c2ccc(CC(C)(C)N)cc2)cc1. The van der Waals surface area contributed by atoms with Gasteiger partial charge in [-0.2, -0.15) is 0 Å². The Labute approximate surface area is 160 Å². The molecule has 0 aliphatic heterocycles. The van der Waals surface area contributed by atoms with E-state index in [1.165, 1.54) is 24.3 Å². The first-order chi connectivity index (χ1) is 12.6. The molecule has 0 unspecified atom stereocenters. The monoisotopic (exact) mass is 391 g/mol. The molecule has 2 rings (SSSR count). The molecule has 2 aromatic carbocycles. The van der Waals surface area contributed by atoms with E-state index in [2.05, 4.69) is 0 Å². The quantitative estimate of drug-likeness (QED) is 0.695. The molecule has 2 N–H and O–H groups in total. The van der Waals surface area contributed by atoms with Gasteiger partial charge in [-0.3, -0.25) is 0 Å². The molecule has 0 aromatic heterocycles. The van der Waals surface area contributed by atoms with Crippen LogP contribution in [0, 0.1) is 0 Å². The van der Waals surface area contributed by atoms with Crippen molar-refractivity contribution in [1.29, 1.82) is 0 Å². The first kappa shape index (κ1) is 20.9. The Bertz CT molecular complexity index is 866. The zero-order chi connectivity index (χ0) is 20.1. The molecule has 0 heterocycles. The molecular weight excluding hydrogens is 366 g/mol. The summed E-state index contributed by atoms with van der Waals surface area (Å²) in [5.41, 5.74) is 6.61. The summed E-state index contributed by atoms with van der Waals surface area (Å²) in [7, 11) is -3.63. The lowest BCUT2D eigenvalue weighted by Gasteiger charge is -2.18. The van der Waals surface area contributed by atoms with Gasteiger partial charge in [0, 0.05) is 5.54 Å². The maximum Gasteiger partial charge on any atom is 0.344 e. The highest BCUT2D eigenvalue weighted by molar-refractivity contribution is 7.91. The smallest absolute Gasteiger partial charge is 0.344 e. The molecular formula is C20H25NO5S. The fraction of sp³-hybridized carbons (Fsp3) is 0.350. The minimum Gasteiger partial charge on any atom is -0.482 e. The third kappa shape index (κ3) is 6.08. The van der Waals surface area contributed by atoms with E-state index in [1.807, 2.05) is 13.8 Å². The van der Waals surface area contributed by atoms with E-state index in [0.29, 0.717) is 12.2 Å². The minimum absolute atomic E-state index is 0.151. The molecule has 0 saturated heterocycles. The molecule has 7 heteroatoms. The summed E-state index contributed by atoms with van der Waals surface area (Å²) < 4.78 is 35.6. The molecule has 0 aliphatic carbocycles. The Balaban J connectivity index is 2.11. The number of carbonyl (C=O) groups excluding carboxylic acids is 1. The fourth-order valence-electron chi connectivity index (χ4n) is 2.51. The van der Waals surface area contributed by atoms with Crippen molar-refractivity contribution in [2.75, 3.05) is 13.2 Å². The number of esters is 1. The Hall–Kier alpha value is -2.38. The van der Waals surface area contributed by atoms with Gasteiger partial charge in [-0.15, -0.1) is 0 Å². The number of hydrogen-bond donors (Lipinski definition) is 1. The molecule has 0 bridgehead atoms. The Morgan fingerprint density at radius 3 is 2.00 bits per heavy atom. The van der Waals surface area contributed by atoms with Gasteiger partial charge < -0.3 is 15.2 Å². The van der Waals surface area contributed by atoms with Gasteiger partial charge in [-0.25, -0.2) is 13.2 Å².